The number of nitrogens with one attached hydrogen (secondary N) is 2. The van der Waals surface area contributed by atoms with E-state index in [4.69, 9.17) is 9.47 Å². The summed E-state index contributed by atoms with van der Waals surface area (Å²) >= 11 is 0. The Morgan fingerprint density at radius 1 is 1.17 bits per heavy atom. The number of aromatic amines is 1. The molecule has 0 bridgehead atoms. The molecule has 5 aromatic rings. The maximum Gasteiger partial charge on any atom is 0.337 e. The molecule has 3 aromatic heterocycles. The summed E-state index contributed by atoms with van der Waals surface area (Å²) in [6.45, 7) is 0.721. The Hall–Kier alpha value is -4.91. The van der Waals surface area contributed by atoms with Gasteiger partial charge in [-0.05, 0) is 42.5 Å². The van der Waals surface area contributed by atoms with Crippen molar-refractivity contribution in [3.05, 3.63) is 71.9 Å². The molecule has 0 spiro atoms. The van der Waals surface area contributed by atoms with Crippen LogP contribution in [0.2, 0.25) is 0 Å². The molecule has 0 saturated heterocycles. The van der Waals surface area contributed by atoms with E-state index >= 15 is 0 Å². The lowest BCUT2D eigenvalue weighted by Crippen LogP contribution is -2.13. The molecule has 10 heteroatoms. The van der Waals surface area contributed by atoms with Crippen LogP contribution in [-0.2, 0) is 11.3 Å². The van der Waals surface area contributed by atoms with Crippen molar-refractivity contribution >= 4 is 33.6 Å². The van der Waals surface area contributed by atoms with Gasteiger partial charge in [0.15, 0.2) is 0 Å². The Bertz CT molecular complexity index is 1650. The normalized spacial score (nSPS) is 10.9. The smallest absolute Gasteiger partial charge is 0.337 e. The van der Waals surface area contributed by atoms with Crippen molar-refractivity contribution in [2.24, 2.45) is 0 Å². The first-order valence-corrected chi connectivity index (χ1v) is 11.1. The summed E-state index contributed by atoms with van der Waals surface area (Å²) in [6.07, 6.45) is 1.44. The van der Waals surface area contributed by atoms with Gasteiger partial charge in [-0.15, -0.1) is 0 Å². The lowest BCUT2D eigenvalue weighted by atomic mass is 10.1. The van der Waals surface area contributed by atoms with E-state index in [1.54, 1.807) is 34.9 Å². The van der Waals surface area contributed by atoms with Crippen LogP contribution in [0.25, 0.3) is 33.2 Å². The van der Waals surface area contributed by atoms with Crippen LogP contribution in [0.3, 0.4) is 0 Å². The molecular weight excluding hydrogens is 463 g/mol. The van der Waals surface area contributed by atoms with Crippen molar-refractivity contribution < 1.29 is 18.7 Å². The zero-order chi connectivity index (χ0) is 25.2. The lowest BCUT2D eigenvalue weighted by Gasteiger charge is -2.11. The SMILES string of the molecule is COC(=O)c1ccc2[nH]c(-c3cc(NCCn4c(C#N)cc5c(OC)ccc(F)c54)ncn3)cc2c1. The molecule has 0 aliphatic rings. The largest absolute Gasteiger partial charge is 0.496 e. The molecular formula is C26H21FN6O3. The second-order valence-corrected chi connectivity index (χ2v) is 8.00. The maximum absolute atomic E-state index is 14.6. The van der Waals surface area contributed by atoms with Gasteiger partial charge in [0.1, 0.15) is 35.5 Å². The van der Waals surface area contributed by atoms with Gasteiger partial charge in [-0.2, -0.15) is 5.26 Å². The number of H-pyrrole nitrogens is 1. The number of methoxy groups -OCH3 is 2. The van der Waals surface area contributed by atoms with E-state index < -0.39 is 11.8 Å². The van der Waals surface area contributed by atoms with Gasteiger partial charge in [0, 0.05) is 35.4 Å². The molecule has 0 amide bonds. The van der Waals surface area contributed by atoms with Gasteiger partial charge in [-0.3, -0.25) is 0 Å². The van der Waals surface area contributed by atoms with Crippen LogP contribution in [-0.4, -0.2) is 46.3 Å². The zero-order valence-electron chi connectivity index (χ0n) is 19.5. The fourth-order valence-corrected chi connectivity index (χ4v) is 4.23. The Kier molecular flexibility index (Phi) is 5.96. The molecule has 0 saturated carbocycles. The molecule has 0 unspecified atom stereocenters. The fraction of sp³-hybridized carbons (Fsp3) is 0.154. The number of anilines is 1. The Labute approximate surface area is 205 Å². The standard InChI is InChI=1S/C26H21FN6O3/c1-35-23-6-4-19(27)25-18(23)11-17(13-28)33(25)8-7-29-24-12-21(30-14-31-24)22-10-16-9-15(26(34)36-2)3-5-20(16)32-22/h3-6,9-12,14,32H,7-8H2,1-2H3,(H,29,30,31). The number of carbonyl (C=O) groups is 1. The van der Waals surface area contributed by atoms with E-state index in [2.05, 4.69) is 26.3 Å². The van der Waals surface area contributed by atoms with Crippen molar-refractivity contribution in [3.8, 4) is 23.2 Å². The summed E-state index contributed by atoms with van der Waals surface area (Å²) < 4.78 is 26.4. The van der Waals surface area contributed by atoms with Crippen LogP contribution in [0, 0.1) is 17.1 Å². The second kappa shape index (κ2) is 9.38. The van der Waals surface area contributed by atoms with Gasteiger partial charge in [-0.25, -0.2) is 19.2 Å². The number of rotatable bonds is 7. The molecule has 5 rings (SSSR count). The van der Waals surface area contributed by atoms with Crippen LogP contribution in [0.4, 0.5) is 10.2 Å². The number of fused-ring (bicyclic) bond motifs is 2. The van der Waals surface area contributed by atoms with E-state index in [0.29, 0.717) is 52.5 Å². The lowest BCUT2D eigenvalue weighted by molar-refractivity contribution is 0.0601. The predicted octanol–water partition coefficient (Wildman–Crippen LogP) is 4.50. The zero-order valence-corrected chi connectivity index (χ0v) is 19.5. The van der Waals surface area contributed by atoms with Gasteiger partial charge >= 0.3 is 5.97 Å². The number of halogens is 1. The summed E-state index contributed by atoms with van der Waals surface area (Å²) in [5, 5.41) is 14.2. The number of aromatic nitrogens is 4. The summed E-state index contributed by atoms with van der Waals surface area (Å²) in [5.74, 6) is 0.251. The summed E-state index contributed by atoms with van der Waals surface area (Å²) in [5.41, 5.74) is 3.39. The van der Waals surface area contributed by atoms with Gasteiger partial charge < -0.3 is 24.3 Å². The van der Waals surface area contributed by atoms with Crippen molar-refractivity contribution in [2.75, 3.05) is 26.1 Å². The van der Waals surface area contributed by atoms with Crippen molar-refractivity contribution in [2.45, 2.75) is 6.54 Å². The van der Waals surface area contributed by atoms with E-state index in [-0.39, 0.29) is 0 Å². The minimum absolute atomic E-state index is 0.320. The molecule has 0 radical (unpaired) electrons. The highest BCUT2D eigenvalue weighted by Gasteiger charge is 2.16. The average Bonchev–Trinajstić information content (AvgIpc) is 3.50. The first kappa shape index (κ1) is 22.9. The number of nitrogens with zero attached hydrogens (tertiary/aromatic N) is 4. The first-order valence-electron chi connectivity index (χ1n) is 11.1. The quantitative estimate of drug-likeness (QED) is 0.327. The number of esters is 1. The molecule has 0 fully saturated rings. The average molecular weight is 484 g/mol. The third-order valence-electron chi connectivity index (χ3n) is 5.93. The highest BCUT2D eigenvalue weighted by molar-refractivity contribution is 5.96. The molecule has 9 nitrogen and oxygen atoms in total. The van der Waals surface area contributed by atoms with Crippen LogP contribution in [0.5, 0.6) is 5.75 Å². The minimum Gasteiger partial charge on any atom is -0.496 e. The number of hydrogen-bond donors (Lipinski definition) is 2. The van der Waals surface area contributed by atoms with E-state index in [9.17, 15) is 14.4 Å². The number of nitriles is 1. The number of ether oxygens (including phenoxy) is 2. The summed E-state index contributed by atoms with van der Waals surface area (Å²) in [7, 11) is 2.85. The molecule has 0 aliphatic heterocycles. The van der Waals surface area contributed by atoms with Gasteiger partial charge in [0.2, 0.25) is 0 Å². The van der Waals surface area contributed by atoms with Crippen LogP contribution >= 0.6 is 0 Å². The molecule has 180 valence electrons. The van der Waals surface area contributed by atoms with Gasteiger partial charge in [0.05, 0.1) is 36.7 Å². The summed E-state index contributed by atoms with van der Waals surface area (Å²) in [4.78, 5) is 23.7. The molecule has 0 atom stereocenters. The van der Waals surface area contributed by atoms with Gasteiger partial charge in [-0.1, -0.05) is 0 Å². The molecule has 3 heterocycles. The second-order valence-electron chi connectivity index (χ2n) is 8.00. The predicted molar refractivity (Wildman–Crippen MR) is 132 cm³/mol. The topological polar surface area (TPSA) is 118 Å². The minimum atomic E-state index is -0.425. The highest BCUT2D eigenvalue weighted by atomic mass is 19.1. The Morgan fingerprint density at radius 3 is 2.81 bits per heavy atom. The van der Waals surface area contributed by atoms with E-state index in [0.717, 1.165) is 16.6 Å². The number of hydrogen-bond acceptors (Lipinski definition) is 7. The maximum atomic E-state index is 14.6. The Morgan fingerprint density at radius 2 is 2.03 bits per heavy atom. The Balaban J connectivity index is 1.36. The van der Waals surface area contributed by atoms with Crippen LogP contribution in [0.15, 0.2) is 54.9 Å². The molecule has 2 N–H and O–H groups in total. The third-order valence-corrected chi connectivity index (χ3v) is 5.93. The van der Waals surface area contributed by atoms with Crippen LogP contribution < -0.4 is 10.1 Å². The van der Waals surface area contributed by atoms with Crippen LogP contribution in [0.1, 0.15) is 16.1 Å². The highest BCUT2D eigenvalue weighted by Crippen LogP contribution is 2.31. The van der Waals surface area contributed by atoms with Crippen molar-refractivity contribution in [1.82, 2.24) is 19.5 Å². The number of carbonyl (C=O) groups excluding carboxylic acids is 1. The molecule has 0 aliphatic carbocycles. The molecule has 2 aromatic carbocycles. The molecule has 36 heavy (non-hydrogen) atoms. The monoisotopic (exact) mass is 484 g/mol. The summed E-state index contributed by atoms with van der Waals surface area (Å²) in [6, 6.07) is 15.6. The van der Waals surface area contributed by atoms with Gasteiger partial charge in [0.25, 0.3) is 0 Å². The first-order chi connectivity index (χ1) is 17.5. The number of benzene rings is 2. The van der Waals surface area contributed by atoms with Crippen molar-refractivity contribution in [3.63, 3.8) is 0 Å². The fourth-order valence-electron chi connectivity index (χ4n) is 4.23. The van der Waals surface area contributed by atoms with E-state index in [1.165, 1.54) is 26.6 Å². The van der Waals surface area contributed by atoms with Crippen molar-refractivity contribution in [1.29, 1.82) is 5.26 Å². The van der Waals surface area contributed by atoms with E-state index in [1.807, 2.05) is 12.1 Å². The third kappa shape index (κ3) is 4.07.